The molecule has 0 aromatic heterocycles. The van der Waals surface area contributed by atoms with Gasteiger partial charge in [-0.3, -0.25) is 0 Å². The van der Waals surface area contributed by atoms with Crippen molar-refractivity contribution in [3.8, 4) is 0 Å². The summed E-state index contributed by atoms with van der Waals surface area (Å²) in [6, 6.07) is -0.302. The second kappa shape index (κ2) is 6.21. The highest BCUT2D eigenvalue weighted by molar-refractivity contribution is 6.58. The van der Waals surface area contributed by atoms with E-state index in [9.17, 15) is 30.7 Å². The lowest BCUT2D eigenvalue weighted by molar-refractivity contribution is -0.354. The van der Waals surface area contributed by atoms with Crippen molar-refractivity contribution in [1.82, 2.24) is 0 Å². The summed E-state index contributed by atoms with van der Waals surface area (Å²) in [6.07, 6.45) is -5.28. The van der Waals surface area contributed by atoms with Gasteiger partial charge in [0.15, 0.2) is 0 Å². The van der Waals surface area contributed by atoms with E-state index in [0.29, 0.717) is 13.0 Å². The first-order valence-electron chi connectivity index (χ1n) is 6.43. The monoisotopic (exact) mass is 326 g/mol. The molecule has 0 saturated carbocycles. The van der Waals surface area contributed by atoms with Crippen molar-refractivity contribution in [3.63, 3.8) is 0 Å². The fourth-order valence-electron chi connectivity index (χ4n) is 2.17. The van der Waals surface area contributed by atoms with Crippen LogP contribution in [0.5, 0.6) is 0 Å². The van der Waals surface area contributed by atoms with E-state index >= 15 is 0 Å². The van der Waals surface area contributed by atoms with E-state index in [1.165, 1.54) is 0 Å². The maximum Gasteiger partial charge on any atom is 0.459 e. The number of hydrogen-bond acceptors (Lipinski definition) is 1. The van der Waals surface area contributed by atoms with Gasteiger partial charge in [-0.2, -0.15) is 30.7 Å². The quantitative estimate of drug-likeness (QED) is 0.544. The first-order valence-corrected chi connectivity index (χ1v) is 9.07. The van der Waals surface area contributed by atoms with Gasteiger partial charge >= 0.3 is 18.0 Å². The first kappa shape index (κ1) is 17.7. The number of halogens is 7. The Labute approximate surface area is 114 Å². The van der Waals surface area contributed by atoms with Crippen LogP contribution in [0.25, 0.3) is 0 Å². The fraction of sp³-hybridized carbons (Fsp3) is 1.00. The Morgan fingerprint density at radius 2 is 1.65 bits per heavy atom. The Morgan fingerprint density at radius 3 is 2.10 bits per heavy atom. The van der Waals surface area contributed by atoms with Crippen LogP contribution in [0.4, 0.5) is 30.7 Å². The van der Waals surface area contributed by atoms with E-state index in [2.05, 4.69) is 0 Å². The Balaban J connectivity index is 2.58. The van der Waals surface area contributed by atoms with E-state index < -0.39 is 33.2 Å². The highest BCUT2D eigenvalue weighted by Gasteiger charge is 2.72. The largest absolute Gasteiger partial charge is 0.459 e. The summed E-state index contributed by atoms with van der Waals surface area (Å²) in [5.41, 5.74) is -0.209. The average Bonchev–Trinajstić information content (AvgIpc) is 2.35. The molecule has 0 amide bonds. The van der Waals surface area contributed by atoms with Crippen LogP contribution in [-0.4, -0.2) is 39.2 Å². The third-order valence-electron chi connectivity index (χ3n) is 3.58. The van der Waals surface area contributed by atoms with Crippen LogP contribution in [0, 0.1) is 0 Å². The minimum absolute atomic E-state index is 0.209. The first-order chi connectivity index (χ1) is 8.99. The van der Waals surface area contributed by atoms with Gasteiger partial charge in [0, 0.05) is 18.8 Å². The molecule has 20 heavy (non-hydrogen) atoms. The predicted molar refractivity (Wildman–Crippen MR) is 62.0 cm³/mol. The molecule has 1 aliphatic heterocycles. The third-order valence-corrected chi connectivity index (χ3v) is 6.57. The molecule has 2 atom stereocenters. The molecule has 120 valence electrons. The highest BCUT2D eigenvalue weighted by atomic mass is 28.3. The molecule has 0 aromatic carbocycles. The topological polar surface area (TPSA) is 9.23 Å². The van der Waals surface area contributed by atoms with E-state index in [1.54, 1.807) is 6.55 Å². The molecule has 9 heteroatoms. The smallest absolute Gasteiger partial charge is 0.382 e. The number of rotatable bonds is 5. The van der Waals surface area contributed by atoms with Crippen LogP contribution < -0.4 is 0 Å². The zero-order valence-corrected chi connectivity index (χ0v) is 12.1. The number of alkyl halides is 7. The second-order valence-electron chi connectivity index (χ2n) is 5.20. The molecular weight excluding hydrogens is 309 g/mol. The zero-order chi connectivity index (χ0) is 15.6. The van der Waals surface area contributed by atoms with Crippen LogP contribution in [0.15, 0.2) is 0 Å². The van der Waals surface area contributed by atoms with E-state index in [0.717, 1.165) is 12.8 Å². The highest BCUT2D eigenvalue weighted by Crippen LogP contribution is 2.48. The van der Waals surface area contributed by atoms with Gasteiger partial charge in [-0.1, -0.05) is 12.6 Å². The lowest BCUT2D eigenvalue weighted by atomic mass is 10.1. The normalized spacial score (nSPS) is 23.7. The second-order valence-corrected chi connectivity index (χ2v) is 8.47. The molecule has 0 aliphatic carbocycles. The lowest BCUT2D eigenvalue weighted by Crippen LogP contribution is -2.52. The molecule has 2 unspecified atom stereocenters. The minimum atomic E-state index is -6.23. The zero-order valence-electron chi connectivity index (χ0n) is 11.0. The summed E-state index contributed by atoms with van der Waals surface area (Å²) in [4.78, 5) is 0. The van der Waals surface area contributed by atoms with Crippen LogP contribution in [-0.2, 0) is 4.74 Å². The molecule has 0 spiro atoms. The maximum absolute atomic E-state index is 13.1. The van der Waals surface area contributed by atoms with Gasteiger partial charge < -0.3 is 4.74 Å². The van der Waals surface area contributed by atoms with Gasteiger partial charge in [0.1, 0.15) is 0 Å². The summed E-state index contributed by atoms with van der Waals surface area (Å²) in [5.74, 6) is -11.1. The van der Waals surface area contributed by atoms with Crippen molar-refractivity contribution >= 4 is 8.80 Å². The lowest BCUT2D eigenvalue weighted by Gasteiger charge is -2.31. The minimum Gasteiger partial charge on any atom is -0.382 e. The van der Waals surface area contributed by atoms with E-state index in [1.807, 2.05) is 0 Å². The molecular formula is C11H17F7OSi. The Bertz CT molecular complexity index is 312. The van der Waals surface area contributed by atoms with Gasteiger partial charge in [0.05, 0.1) is 8.80 Å². The summed E-state index contributed by atoms with van der Waals surface area (Å²) in [6.45, 7) is 2.16. The van der Waals surface area contributed by atoms with Crippen molar-refractivity contribution in [2.24, 2.45) is 0 Å². The van der Waals surface area contributed by atoms with Gasteiger partial charge in [0.2, 0.25) is 0 Å². The predicted octanol–water partition coefficient (Wildman–Crippen LogP) is 4.17. The molecule has 0 N–H and O–H groups in total. The van der Waals surface area contributed by atoms with E-state index in [4.69, 9.17) is 4.74 Å². The molecule has 1 rings (SSSR count). The Kier molecular flexibility index (Phi) is 5.51. The maximum atomic E-state index is 13.1. The molecule has 1 aliphatic rings. The Morgan fingerprint density at radius 1 is 1.05 bits per heavy atom. The molecule has 0 aromatic rings. The van der Waals surface area contributed by atoms with Crippen LogP contribution >= 0.6 is 0 Å². The summed E-state index contributed by atoms with van der Waals surface area (Å²) >= 11 is 0. The van der Waals surface area contributed by atoms with E-state index in [-0.39, 0.29) is 11.8 Å². The average molecular weight is 326 g/mol. The summed E-state index contributed by atoms with van der Waals surface area (Å²) < 4.78 is 93.0. The van der Waals surface area contributed by atoms with Crippen LogP contribution in [0.3, 0.4) is 0 Å². The number of ether oxygens (including phenoxy) is 1. The van der Waals surface area contributed by atoms with Crippen molar-refractivity contribution in [2.45, 2.75) is 62.0 Å². The van der Waals surface area contributed by atoms with Crippen molar-refractivity contribution < 1.29 is 35.5 Å². The van der Waals surface area contributed by atoms with Crippen molar-refractivity contribution in [2.75, 3.05) is 6.61 Å². The van der Waals surface area contributed by atoms with Gasteiger partial charge in [-0.15, -0.1) is 0 Å². The third kappa shape index (κ3) is 3.87. The van der Waals surface area contributed by atoms with Gasteiger partial charge in [-0.05, 0) is 19.3 Å². The molecule has 1 heterocycles. The Hall–Kier alpha value is -0.313. The summed E-state index contributed by atoms with van der Waals surface area (Å²) in [7, 11) is -1.91. The number of hydrogen-bond donors (Lipinski definition) is 0. The van der Waals surface area contributed by atoms with Crippen molar-refractivity contribution in [1.29, 1.82) is 0 Å². The molecule has 1 nitrogen and oxygen atoms in total. The fourth-order valence-corrected chi connectivity index (χ4v) is 4.63. The molecule has 1 fully saturated rings. The van der Waals surface area contributed by atoms with Crippen LogP contribution in [0.1, 0.15) is 25.7 Å². The molecule has 0 bridgehead atoms. The van der Waals surface area contributed by atoms with Crippen LogP contribution in [0.2, 0.25) is 12.6 Å². The standard InChI is InChI=1S/C11H17F7OSi/c1-20(8-4-2-3-6-19-8)7-5-9(12,13)10(14,15)11(16,17)18/h8,20H,2-7H2,1H3. The SMILES string of the molecule is C[SiH](CCC(F)(F)C(F)(F)C(F)(F)F)C1CCCCO1. The van der Waals surface area contributed by atoms with Crippen molar-refractivity contribution in [3.05, 3.63) is 0 Å². The van der Waals surface area contributed by atoms with Gasteiger partial charge in [0.25, 0.3) is 0 Å². The summed E-state index contributed by atoms with van der Waals surface area (Å²) in [5, 5.41) is 0. The molecule has 1 saturated heterocycles. The van der Waals surface area contributed by atoms with Gasteiger partial charge in [-0.25, -0.2) is 0 Å². The molecule has 0 radical (unpaired) electrons.